The number of aromatic amines is 1. The third-order valence-electron chi connectivity index (χ3n) is 3.40. The van der Waals surface area contributed by atoms with Crippen LogP contribution >= 0.6 is 0 Å². The molecule has 0 saturated carbocycles. The van der Waals surface area contributed by atoms with Gasteiger partial charge in [0.1, 0.15) is 5.75 Å². The molecule has 3 rings (SSSR count). The van der Waals surface area contributed by atoms with Gasteiger partial charge in [0.2, 0.25) is 5.78 Å². The highest BCUT2D eigenvalue weighted by Crippen LogP contribution is 2.14. The number of carbonyl (C=O) groups is 1. The summed E-state index contributed by atoms with van der Waals surface area (Å²) in [5, 5.41) is 0. The first-order valence-electron chi connectivity index (χ1n) is 7.66. The number of allylic oxidation sites excluding steroid dienone is 1. The number of aromatic nitrogens is 2. The summed E-state index contributed by atoms with van der Waals surface area (Å²) in [6.45, 7) is 2.78. The van der Waals surface area contributed by atoms with Gasteiger partial charge >= 0.3 is 0 Å². The highest BCUT2D eigenvalue weighted by molar-refractivity contribution is 6.05. The molecular weight excluding hydrogens is 288 g/mol. The third-order valence-corrected chi connectivity index (χ3v) is 3.40. The molecule has 0 fully saturated rings. The minimum Gasteiger partial charge on any atom is -0.494 e. The number of nitrogens with one attached hydrogen (secondary N) is 1. The van der Waals surface area contributed by atoms with Crippen LogP contribution in [0.1, 0.15) is 29.5 Å². The maximum absolute atomic E-state index is 12.2. The summed E-state index contributed by atoms with van der Waals surface area (Å²) in [5.41, 5.74) is 2.60. The smallest absolute Gasteiger partial charge is 0.221 e. The molecule has 0 saturated heterocycles. The zero-order chi connectivity index (χ0) is 16.1. The zero-order valence-electron chi connectivity index (χ0n) is 13.0. The van der Waals surface area contributed by atoms with Crippen LogP contribution in [0.3, 0.4) is 0 Å². The molecule has 2 aromatic carbocycles. The second-order valence-corrected chi connectivity index (χ2v) is 5.22. The summed E-state index contributed by atoms with van der Waals surface area (Å²) in [7, 11) is 0. The van der Waals surface area contributed by atoms with Gasteiger partial charge in [-0.2, -0.15) is 0 Å². The van der Waals surface area contributed by atoms with Gasteiger partial charge < -0.3 is 9.72 Å². The lowest BCUT2D eigenvalue weighted by Gasteiger charge is -2.03. The fourth-order valence-electron chi connectivity index (χ4n) is 2.22. The monoisotopic (exact) mass is 306 g/mol. The van der Waals surface area contributed by atoms with Crippen molar-refractivity contribution in [3.05, 3.63) is 66.0 Å². The maximum atomic E-state index is 12.2. The van der Waals surface area contributed by atoms with E-state index in [1.807, 2.05) is 48.5 Å². The standard InChI is InChI=1S/C19H18N2O2/c1-2-13-23-15-10-7-14(8-11-15)9-12-18(22)19-20-16-5-3-4-6-17(16)21-19/h3-12H,2,13H2,1H3,(H,20,21)/b12-9+. The number of hydrogen-bond donors (Lipinski definition) is 1. The summed E-state index contributed by atoms with van der Waals surface area (Å²) in [4.78, 5) is 19.5. The lowest BCUT2D eigenvalue weighted by molar-refractivity contribution is 0.103. The Hall–Kier alpha value is -2.88. The minimum atomic E-state index is -0.146. The fourth-order valence-corrected chi connectivity index (χ4v) is 2.22. The van der Waals surface area contributed by atoms with Crippen molar-refractivity contribution in [2.45, 2.75) is 13.3 Å². The number of imidazole rings is 1. The van der Waals surface area contributed by atoms with Crippen molar-refractivity contribution in [1.82, 2.24) is 9.97 Å². The number of ether oxygens (including phenoxy) is 1. The Morgan fingerprint density at radius 3 is 2.70 bits per heavy atom. The van der Waals surface area contributed by atoms with Gasteiger partial charge in [0.25, 0.3) is 0 Å². The van der Waals surface area contributed by atoms with Gasteiger partial charge in [-0.25, -0.2) is 4.98 Å². The van der Waals surface area contributed by atoms with Gasteiger partial charge in [0, 0.05) is 0 Å². The third kappa shape index (κ3) is 3.66. The van der Waals surface area contributed by atoms with E-state index in [1.165, 1.54) is 6.08 Å². The maximum Gasteiger partial charge on any atom is 0.221 e. The van der Waals surface area contributed by atoms with Crippen molar-refractivity contribution >= 4 is 22.9 Å². The lowest BCUT2D eigenvalue weighted by Crippen LogP contribution is -1.96. The minimum absolute atomic E-state index is 0.146. The Kier molecular flexibility index (Phi) is 4.52. The molecule has 23 heavy (non-hydrogen) atoms. The average molecular weight is 306 g/mol. The number of rotatable bonds is 6. The molecule has 0 radical (unpaired) electrons. The Morgan fingerprint density at radius 1 is 1.17 bits per heavy atom. The van der Waals surface area contributed by atoms with Crippen LogP contribution in [-0.4, -0.2) is 22.4 Å². The second-order valence-electron chi connectivity index (χ2n) is 5.22. The van der Waals surface area contributed by atoms with Gasteiger partial charge in [0.05, 0.1) is 17.6 Å². The fraction of sp³-hybridized carbons (Fsp3) is 0.158. The predicted octanol–water partition coefficient (Wildman–Crippen LogP) is 4.25. The number of benzene rings is 2. The van der Waals surface area contributed by atoms with Crippen LogP contribution in [0.4, 0.5) is 0 Å². The Morgan fingerprint density at radius 2 is 1.96 bits per heavy atom. The molecular formula is C19H18N2O2. The zero-order valence-corrected chi connectivity index (χ0v) is 13.0. The molecule has 1 aromatic heterocycles. The van der Waals surface area contributed by atoms with Gasteiger partial charge in [-0.15, -0.1) is 0 Å². The molecule has 0 unspecified atom stereocenters. The van der Waals surface area contributed by atoms with E-state index < -0.39 is 0 Å². The van der Waals surface area contributed by atoms with Crippen molar-refractivity contribution < 1.29 is 9.53 Å². The predicted molar refractivity (Wildman–Crippen MR) is 91.7 cm³/mol. The summed E-state index contributed by atoms with van der Waals surface area (Å²) >= 11 is 0. The van der Waals surface area contributed by atoms with E-state index in [4.69, 9.17) is 4.74 Å². The van der Waals surface area contributed by atoms with Crippen LogP contribution in [0.2, 0.25) is 0 Å². The van der Waals surface area contributed by atoms with E-state index in [9.17, 15) is 4.79 Å². The number of carbonyl (C=O) groups excluding carboxylic acids is 1. The summed E-state index contributed by atoms with van der Waals surface area (Å²) in [6.07, 6.45) is 4.28. The van der Waals surface area contributed by atoms with Crippen LogP contribution in [-0.2, 0) is 0 Å². The number of hydrogen-bond acceptors (Lipinski definition) is 3. The first-order chi connectivity index (χ1) is 11.3. The second kappa shape index (κ2) is 6.92. The van der Waals surface area contributed by atoms with Gasteiger partial charge in [-0.05, 0) is 42.3 Å². The van der Waals surface area contributed by atoms with Crippen LogP contribution < -0.4 is 4.74 Å². The van der Waals surface area contributed by atoms with Crippen LogP contribution in [0.15, 0.2) is 54.6 Å². The average Bonchev–Trinajstić information content (AvgIpc) is 3.03. The Balaban J connectivity index is 1.70. The summed E-state index contributed by atoms with van der Waals surface area (Å²) in [6, 6.07) is 15.2. The van der Waals surface area contributed by atoms with Crippen molar-refractivity contribution in [1.29, 1.82) is 0 Å². The van der Waals surface area contributed by atoms with Crippen LogP contribution in [0.5, 0.6) is 5.75 Å². The first-order valence-corrected chi connectivity index (χ1v) is 7.66. The molecule has 0 aliphatic heterocycles. The van der Waals surface area contributed by atoms with Gasteiger partial charge in [0.15, 0.2) is 5.82 Å². The van der Waals surface area contributed by atoms with E-state index >= 15 is 0 Å². The molecule has 1 heterocycles. The molecule has 3 aromatic rings. The molecule has 0 spiro atoms. The van der Waals surface area contributed by atoms with E-state index in [2.05, 4.69) is 16.9 Å². The molecule has 1 N–H and O–H groups in total. The Labute approximate surface area is 134 Å². The molecule has 0 atom stereocenters. The number of para-hydroxylation sites is 2. The van der Waals surface area contributed by atoms with Crippen molar-refractivity contribution in [2.24, 2.45) is 0 Å². The lowest BCUT2D eigenvalue weighted by atomic mass is 10.2. The van der Waals surface area contributed by atoms with Crippen LogP contribution in [0, 0.1) is 0 Å². The largest absolute Gasteiger partial charge is 0.494 e. The quantitative estimate of drug-likeness (QED) is 0.547. The normalized spacial score (nSPS) is 11.2. The molecule has 116 valence electrons. The van der Waals surface area contributed by atoms with Gasteiger partial charge in [-0.1, -0.05) is 37.3 Å². The first kappa shape index (κ1) is 15.0. The number of fused-ring (bicyclic) bond motifs is 1. The van der Waals surface area contributed by atoms with Gasteiger partial charge in [-0.3, -0.25) is 4.79 Å². The number of H-pyrrole nitrogens is 1. The van der Waals surface area contributed by atoms with Crippen molar-refractivity contribution in [2.75, 3.05) is 6.61 Å². The highest BCUT2D eigenvalue weighted by atomic mass is 16.5. The van der Waals surface area contributed by atoms with Crippen LogP contribution in [0.25, 0.3) is 17.1 Å². The summed E-state index contributed by atoms with van der Waals surface area (Å²) in [5.74, 6) is 1.05. The molecule has 4 heteroatoms. The van der Waals surface area contributed by atoms with Crippen molar-refractivity contribution in [3.8, 4) is 5.75 Å². The Bertz CT molecular complexity index is 799. The molecule has 0 aliphatic carbocycles. The van der Waals surface area contributed by atoms with E-state index in [1.54, 1.807) is 6.08 Å². The van der Waals surface area contributed by atoms with E-state index in [-0.39, 0.29) is 5.78 Å². The highest BCUT2D eigenvalue weighted by Gasteiger charge is 2.07. The number of nitrogens with zero attached hydrogens (tertiary/aromatic N) is 1. The molecule has 0 amide bonds. The van der Waals surface area contributed by atoms with Crippen molar-refractivity contribution in [3.63, 3.8) is 0 Å². The topological polar surface area (TPSA) is 55.0 Å². The number of ketones is 1. The molecule has 0 aliphatic rings. The SMILES string of the molecule is CCCOc1ccc(/C=C/C(=O)c2nc3ccccc3[nH]2)cc1. The molecule has 0 bridgehead atoms. The van der Waals surface area contributed by atoms with E-state index in [0.29, 0.717) is 12.4 Å². The van der Waals surface area contributed by atoms with E-state index in [0.717, 1.165) is 28.8 Å². The molecule has 4 nitrogen and oxygen atoms in total. The summed E-state index contributed by atoms with van der Waals surface area (Å²) < 4.78 is 5.53.